The lowest BCUT2D eigenvalue weighted by Gasteiger charge is -2.27. The van der Waals surface area contributed by atoms with E-state index in [1.807, 2.05) is 6.07 Å². The van der Waals surface area contributed by atoms with Crippen molar-refractivity contribution in [2.75, 3.05) is 20.1 Å². The zero-order chi connectivity index (χ0) is 15.1. The molecule has 2 aromatic rings. The van der Waals surface area contributed by atoms with Gasteiger partial charge in [0, 0.05) is 36.1 Å². The van der Waals surface area contributed by atoms with E-state index in [0.717, 1.165) is 31.0 Å². The van der Waals surface area contributed by atoms with Crippen molar-refractivity contribution in [1.29, 1.82) is 0 Å². The van der Waals surface area contributed by atoms with Crippen LogP contribution < -0.4 is 0 Å². The van der Waals surface area contributed by atoms with E-state index in [9.17, 15) is 0 Å². The first kappa shape index (κ1) is 13.9. The first-order valence-corrected chi connectivity index (χ1v) is 8.16. The maximum Gasteiger partial charge on any atom is 0.0528 e. The minimum absolute atomic E-state index is 0.804. The average Bonchev–Trinajstić information content (AvgIpc) is 2.91. The zero-order valence-corrected chi connectivity index (χ0v) is 13.5. The molecular formula is C19H19ClN2. The highest BCUT2D eigenvalue weighted by Gasteiger charge is 2.21. The Morgan fingerprint density at radius 3 is 2.73 bits per heavy atom. The van der Waals surface area contributed by atoms with Crippen molar-refractivity contribution in [3.63, 3.8) is 0 Å². The lowest BCUT2D eigenvalue weighted by molar-refractivity contribution is 0.313. The number of fused-ring (bicyclic) bond motifs is 2. The maximum absolute atomic E-state index is 6.30. The van der Waals surface area contributed by atoms with Gasteiger partial charge in [-0.15, -0.1) is 0 Å². The summed E-state index contributed by atoms with van der Waals surface area (Å²) >= 11 is 6.30. The predicted octanol–water partition coefficient (Wildman–Crippen LogP) is 4.61. The number of piperidine rings is 1. The molecule has 112 valence electrons. The Balaban J connectivity index is 1.96. The molecule has 0 saturated carbocycles. The molecular weight excluding hydrogens is 292 g/mol. The fraction of sp³-hybridized carbons (Fsp3) is 0.263. The van der Waals surface area contributed by atoms with Crippen LogP contribution in [0.15, 0.2) is 42.1 Å². The van der Waals surface area contributed by atoms with Crippen LogP contribution in [-0.4, -0.2) is 29.6 Å². The third-order valence-corrected chi connectivity index (χ3v) is 4.91. The Kier molecular flexibility index (Phi) is 3.44. The van der Waals surface area contributed by atoms with E-state index >= 15 is 0 Å². The van der Waals surface area contributed by atoms with Crippen LogP contribution in [0, 0.1) is 0 Å². The van der Waals surface area contributed by atoms with Crippen molar-refractivity contribution in [2.45, 2.75) is 12.8 Å². The van der Waals surface area contributed by atoms with Crippen LogP contribution in [0.2, 0.25) is 5.02 Å². The average molecular weight is 311 g/mol. The van der Waals surface area contributed by atoms with Crippen LogP contribution in [0.1, 0.15) is 29.7 Å². The van der Waals surface area contributed by atoms with Gasteiger partial charge in [-0.1, -0.05) is 23.2 Å². The minimum atomic E-state index is 0.804. The summed E-state index contributed by atoms with van der Waals surface area (Å²) in [5.74, 6) is 0. The molecule has 2 nitrogen and oxygen atoms in total. The monoisotopic (exact) mass is 310 g/mol. The van der Waals surface area contributed by atoms with Gasteiger partial charge in [-0.05, 0) is 61.4 Å². The summed E-state index contributed by atoms with van der Waals surface area (Å²) in [5.41, 5.74) is 6.71. The Morgan fingerprint density at radius 1 is 1.09 bits per heavy atom. The molecule has 3 heteroatoms. The highest BCUT2D eigenvalue weighted by Crippen LogP contribution is 2.37. The van der Waals surface area contributed by atoms with Crippen molar-refractivity contribution < 1.29 is 0 Å². The van der Waals surface area contributed by atoms with Gasteiger partial charge in [0.1, 0.15) is 0 Å². The third-order valence-electron chi connectivity index (χ3n) is 4.68. The summed E-state index contributed by atoms with van der Waals surface area (Å²) in [5, 5.41) is 0.804. The molecule has 3 heterocycles. The van der Waals surface area contributed by atoms with Gasteiger partial charge >= 0.3 is 0 Å². The summed E-state index contributed by atoms with van der Waals surface area (Å²) in [6.45, 7) is 2.26. The van der Waals surface area contributed by atoms with Gasteiger partial charge in [0.15, 0.2) is 0 Å². The summed E-state index contributed by atoms with van der Waals surface area (Å²) in [6, 6.07) is 10.5. The van der Waals surface area contributed by atoms with Gasteiger partial charge in [0.2, 0.25) is 0 Å². The molecule has 1 aromatic heterocycles. The smallest absolute Gasteiger partial charge is 0.0528 e. The molecule has 2 aliphatic heterocycles. The molecule has 0 spiro atoms. The number of benzene rings is 1. The van der Waals surface area contributed by atoms with Crippen LogP contribution in [0.5, 0.6) is 0 Å². The SMILES string of the molecule is CN1CCC(=C2c3cc(Cl)ccc3C=Cn3cccc32)CC1. The molecule has 0 unspecified atom stereocenters. The number of hydrogen-bond acceptors (Lipinski definition) is 1. The van der Waals surface area contributed by atoms with Crippen molar-refractivity contribution in [1.82, 2.24) is 9.47 Å². The molecule has 0 bridgehead atoms. The molecule has 22 heavy (non-hydrogen) atoms. The lowest BCUT2D eigenvalue weighted by Crippen LogP contribution is -2.27. The summed E-state index contributed by atoms with van der Waals surface area (Å²) in [4.78, 5) is 2.40. The molecule has 0 aliphatic carbocycles. The van der Waals surface area contributed by atoms with E-state index in [1.54, 1.807) is 5.57 Å². The zero-order valence-electron chi connectivity index (χ0n) is 12.7. The second kappa shape index (κ2) is 5.45. The summed E-state index contributed by atoms with van der Waals surface area (Å²) < 4.78 is 2.22. The van der Waals surface area contributed by atoms with E-state index < -0.39 is 0 Å². The molecule has 1 fully saturated rings. The topological polar surface area (TPSA) is 8.17 Å². The van der Waals surface area contributed by atoms with E-state index in [0.29, 0.717) is 0 Å². The van der Waals surface area contributed by atoms with Crippen LogP contribution in [0.3, 0.4) is 0 Å². The van der Waals surface area contributed by atoms with Crippen LogP contribution >= 0.6 is 11.6 Å². The summed E-state index contributed by atoms with van der Waals surface area (Å²) in [7, 11) is 2.20. The Morgan fingerprint density at radius 2 is 1.91 bits per heavy atom. The van der Waals surface area contributed by atoms with Gasteiger partial charge < -0.3 is 9.47 Å². The van der Waals surface area contributed by atoms with Crippen LogP contribution in [0.25, 0.3) is 17.8 Å². The third kappa shape index (κ3) is 2.33. The van der Waals surface area contributed by atoms with E-state index in [-0.39, 0.29) is 0 Å². The Bertz CT molecular complexity index is 772. The maximum atomic E-state index is 6.30. The number of nitrogens with zero attached hydrogens (tertiary/aromatic N) is 2. The molecule has 0 atom stereocenters. The molecule has 1 aromatic carbocycles. The summed E-state index contributed by atoms with van der Waals surface area (Å²) in [6.07, 6.45) is 8.70. The highest BCUT2D eigenvalue weighted by molar-refractivity contribution is 6.30. The standard InChI is InChI=1S/C19H19ClN2/c1-21-10-6-15(7-11-21)19-17-13-16(20)5-4-14(17)8-12-22-9-2-3-18(19)22/h2-5,8-9,12-13H,6-7,10-11H2,1H3. The van der Waals surface area contributed by atoms with Gasteiger partial charge in [0.05, 0.1) is 5.69 Å². The van der Waals surface area contributed by atoms with E-state index in [1.165, 1.54) is 22.4 Å². The Labute approximate surface area is 136 Å². The van der Waals surface area contributed by atoms with Gasteiger partial charge in [0.25, 0.3) is 0 Å². The molecule has 0 radical (unpaired) electrons. The molecule has 0 N–H and O–H groups in total. The molecule has 2 aliphatic rings. The fourth-order valence-corrected chi connectivity index (χ4v) is 3.61. The number of rotatable bonds is 0. The van der Waals surface area contributed by atoms with Crippen molar-refractivity contribution in [2.24, 2.45) is 0 Å². The Hall–Kier alpha value is -1.77. The van der Waals surface area contributed by atoms with E-state index in [2.05, 4.69) is 59.3 Å². The normalized spacial score (nSPS) is 18.1. The van der Waals surface area contributed by atoms with E-state index in [4.69, 9.17) is 11.6 Å². The quantitative estimate of drug-likeness (QED) is 0.588. The fourth-order valence-electron chi connectivity index (χ4n) is 3.43. The molecule has 0 amide bonds. The van der Waals surface area contributed by atoms with Gasteiger partial charge in [-0.2, -0.15) is 0 Å². The van der Waals surface area contributed by atoms with Crippen molar-refractivity contribution in [3.8, 4) is 0 Å². The highest BCUT2D eigenvalue weighted by atomic mass is 35.5. The second-order valence-electron chi connectivity index (χ2n) is 6.13. The predicted molar refractivity (Wildman–Crippen MR) is 93.9 cm³/mol. The molecule has 4 rings (SSSR count). The molecule has 1 saturated heterocycles. The second-order valence-corrected chi connectivity index (χ2v) is 6.57. The van der Waals surface area contributed by atoms with Gasteiger partial charge in [-0.25, -0.2) is 0 Å². The largest absolute Gasteiger partial charge is 0.323 e. The van der Waals surface area contributed by atoms with Crippen LogP contribution in [0.4, 0.5) is 0 Å². The first-order valence-electron chi connectivity index (χ1n) is 7.78. The number of hydrogen-bond donors (Lipinski definition) is 0. The number of aromatic nitrogens is 1. The first-order chi connectivity index (χ1) is 10.7. The van der Waals surface area contributed by atoms with Crippen molar-refractivity contribution >= 4 is 29.5 Å². The van der Waals surface area contributed by atoms with Crippen molar-refractivity contribution in [3.05, 3.63) is 63.9 Å². The number of likely N-dealkylation sites (tertiary alicyclic amines) is 1. The van der Waals surface area contributed by atoms with Crippen LogP contribution in [-0.2, 0) is 0 Å². The lowest BCUT2D eigenvalue weighted by atomic mass is 9.89. The minimum Gasteiger partial charge on any atom is -0.323 e. The van der Waals surface area contributed by atoms with Gasteiger partial charge in [-0.3, -0.25) is 0 Å². The number of halogens is 1.